The minimum Gasteiger partial charge on any atom is -0.488 e. The Morgan fingerprint density at radius 1 is 1.06 bits per heavy atom. The topological polar surface area (TPSA) is 89.7 Å². The molecule has 0 bridgehead atoms. The number of carbonyl (C=O) groups is 2. The van der Waals surface area contributed by atoms with Gasteiger partial charge in [-0.1, -0.05) is 35.9 Å². The Hall–Kier alpha value is -3.69. The van der Waals surface area contributed by atoms with E-state index >= 15 is 0 Å². The predicted molar refractivity (Wildman–Crippen MR) is 127 cm³/mol. The second-order valence-electron chi connectivity index (χ2n) is 7.29. The number of nitro groups is 1. The SMILES string of the molecule is O=C1S/C(=C\c2cc([N+](=O)[O-])ccc2OCc2ccc(F)cc2)C(=O)N1Cc1cccc(Cl)c1. The predicted octanol–water partition coefficient (Wildman–Crippen LogP) is 6.20. The van der Waals surface area contributed by atoms with E-state index in [9.17, 15) is 24.1 Å². The van der Waals surface area contributed by atoms with Crippen LogP contribution in [-0.2, 0) is 17.9 Å². The molecule has 4 rings (SSSR count). The highest BCUT2D eigenvalue weighted by molar-refractivity contribution is 8.18. The third kappa shape index (κ3) is 5.44. The van der Waals surface area contributed by atoms with Gasteiger partial charge in [-0.25, -0.2) is 4.39 Å². The molecule has 0 spiro atoms. The number of halogens is 2. The van der Waals surface area contributed by atoms with Gasteiger partial charge in [-0.15, -0.1) is 0 Å². The number of nitro benzene ring substituents is 1. The molecule has 172 valence electrons. The highest BCUT2D eigenvalue weighted by Crippen LogP contribution is 2.36. The molecule has 2 amide bonds. The number of carbonyl (C=O) groups excluding carboxylic acids is 2. The molecule has 0 unspecified atom stereocenters. The molecule has 0 radical (unpaired) electrons. The first-order chi connectivity index (χ1) is 16.3. The largest absolute Gasteiger partial charge is 0.488 e. The zero-order valence-corrected chi connectivity index (χ0v) is 19.0. The van der Waals surface area contributed by atoms with Crippen LogP contribution in [-0.4, -0.2) is 21.0 Å². The Morgan fingerprint density at radius 3 is 2.53 bits per heavy atom. The Labute approximate surface area is 202 Å². The smallest absolute Gasteiger partial charge is 0.293 e. The van der Waals surface area contributed by atoms with E-state index in [-0.39, 0.29) is 40.9 Å². The maximum atomic E-state index is 13.1. The first kappa shape index (κ1) is 23.5. The van der Waals surface area contributed by atoms with Crippen molar-refractivity contribution in [3.8, 4) is 5.75 Å². The number of imide groups is 1. The summed E-state index contributed by atoms with van der Waals surface area (Å²) in [5, 5.41) is 11.3. The molecule has 0 saturated carbocycles. The van der Waals surface area contributed by atoms with Gasteiger partial charge in [-0.2, -0.15) is 0 Å². The number of hydrogen-bond donors (Lipinski definition) is 0. The Morgan fingerprint density at radius 2 is 1.82 bits per heavy atom. The van der Waals surface area contributed by atoms with E-state index in [4.69, 9.17) is 16.3 Å². The number of non-ortho nitro benzene ring substituents is 1. The molecule has 3 aromatic rings. The molecule has 34 heavy (non-hydrogen) atoms. The van der Waals surface area contributed by atoms with Gasteiger partial charge in [0.2, 0.25) is 0 Å². The summed E-state index contributed by atoms with van der Waals surface area (Å²) in [7, 11) is 0. The average Bonchev–Trinajstić information content (AvgIpc) is 3.06. The molecule has 1 aliphatic rings. The van der Waals surface area contributed by atoms with Crippen LogP contribution in [0.4, 0.5) is 14.9 Å². The second kappa shape index (κ2) is 10.1. The molecule has 7 nitrogen and oxygen atoms in total. The van der Waals surface area contributed by atoms with E-state index in [1.807, 2.05) is 0 Å². The van der Waals surface area contributed by atoms with E-state index in [1.165, 1.54) is 36.4 Å². The number of rotatable bonds is 7. The van der Waals surface area contributed by atoms with Crippen molar-refractivity contribution in [1.82, 2.24) is 4.90 Å². The summed E-state index contributed by atoms with van der Waals surface area (Å²) < 4.78 is 18.9. The van der Waals surface area contributed by atoms with E-state index < -0.39 is 16.1 Å². The lowest BCUT2D eigenvalue weighted by Gasteiger charge is -2.12. The molecule has 1 saturated heterocycles. The minimum atomic E-state index is -0.564. The van der Waals surface area contributed by atoms with Crippen LogP contribution >= 0.6 is 23.4 Å². The molecule has 1 aliphatic heterocycles. The number of nitrogens with zero attached hydrogens (tertiary/aromatic N) is 2. The summed E-state index contributed by atoms with van der Waals surface area (Å²) in [4.78, 5) is 37.3. The lowest BCUT2D eigenvalue weighted by atomic mass is 10.1. The van der Waals surface area contributed by atoms with Crippen molar-refractivity contribution in [3.05, 3.63) is 109 Å². The number of amides is 2. The van der Waals surface area contributed by atoms with Crippen LogP contribution in [0.15, 0.2) is 71.6 Å². The Kier molecular flexibility index (Phi) is 6.95. The van der Waals surface area contributed by atoms with E-state index in [1.54, 1.807) is 36.4 Å². The van der Waals surface area contributed by atoms with Crippen molar-refractivity contribution < 1.29 is 23.6 Å². The summed E-state index contributed by atoms with van der Waals surface area (Å²) in [5.41, 5.74) is 1.45. The molecule has 0 aromatic heterocycles. The summed E-state index contributed by atoms with van der Waals surface area (Å²) in [5.74, 6) is -0.629. The highest BCUT2D eigenvalue weighted by atomic mass is 35.5. The van der Waals surface area contributed by atoms with Crippen LogP contribution in [0, 0.1) is 15.9 Å². The second-order valence-corrected chi connectivity index (χ2v) is 8.72. The van der Waals surface area contributed by atoms with Crippen LogP contribution < -0.4 is 4.74 Å². The fraction of sp³-hybridized carbons (Fsp3) is 0.0833. The van der Waals surface area contributed by atoms with Crippen LogP contribution in [0.3, 0.4) is 0 Å². The minimum absolute atomic E-state index is 0.0471. The fourth-order valence-corrected chi connectivity index (χ4v) is 4.27. The van der Waals surface area contributed by atoms with Gasteiger partial charge in [0.1, 0.15) is 18.2 Å². The standard InChI is InChI=1S/C24H16ClFN2O5S/c25-18-3-1-2-16(10-18)13-27-23(29)22(34-24(27)30)12-17-11-20(28(31)32)8-9-21(17)33-14-15-4-6-19(26)7-5-15/h1-12H,13-14H2/b22-12-. The number of benzene rings is 3. The third-order valence-corrected chi connectivity index (χ3v) is 6.04. The molecule has 1 fully saturated rings. The van der Waals surface area contributed by atoms with Gasteiger partial charge in [0.15, 0.2) is 0 Å². The van der Waals surface area contributed by atoms with Crippen molar-refractivity contribution in [3.63, 3.8) is 0 Å². The first-order valence-electron chi connectivity index (χ1n) is 9.95. The fourth-order valence-electron chi connectivity index (χ4n) is 3.23. The molecule has 3 aromatic carbocycles. The molecular weight excluding hydrogens is 483 g/mol. The molecule has 0 aliphatic carbocycles. The molecule has 1 heterocycles. The summed E-state index contributed by atoms with van der Waals surface area (Å²) in [6, 6.07) is 16.5. The van der Waals surface area contributed by atoms with Crippen LogP contribution in [0.2, 0.25) is 5.02 Å². The van der Waals surface area contributed by atoms with Crippen molar-refractivity contribution in [2.24, 2.45) is 0 Å². The first-order valence-corrected chi connectivity index (χ1v) is 11.1. The normalized spacial score (nSPS) is 14.6. The van der Waals surface area contributed by atoms with Gasteiger partial charge >= 0.3 is 0 Å². The zero-order valence-electron chi connectivity index (χ0n) is 17.4. The van der Waals surface area contributed by atoms with Crippen LogP contribution in [0.5, 0.6) is 5.75 Å². The van der Waals surface area contributed by atoms with Crippen LogP contribution in [0.25, 0.3) is 6.08 Å². The molecule has 10 heteroatoms. The summed E-state index contributed by atoms with van der Waals surface area (Å²) in [6.45, 7) is 0.126. The van der Waals surface area contributed by atoms with Gasteiger partial charge in [-0.3, -0.25) is 24.6 Å². The van der Waals surface area contributed by atoms with Gasteiger partial charge in [-0.05, 0) is 59.3 Å². The van der Waals surface area contributed by atoms with Gasteiger partial charge < -0.3 is 4.74 Å². The van der Waals surface area contributed by atoms with E-state index in [2.05, 4.69) is 0 Å². The average molecular weight is 499 g/mol. The van der Waals surface area contributed by atoms with Crippen molar-refractivity contribution in [2.45, 2.75) is 13.2 Å². The number of thioether (sulfide) groups is 1. The maximum absolute atomic E-state index is 13.1. The molecule has 0 N–H and O–H groups in total. The maximum Gasteiger partial charge on any atom is 0.293 e. The van der Waals surface area contributed by atoms with Gasteiger partial charge in [0, 0.05) is 22.7 Å². The lowest BCUT2D eigenvalue weighted by molar-refractivity contribution is -0.384. The number of ether oxygens (including phenoxy) is 1. The van der Waals surface area contributed by atoms with Gasteiger partial charge in [0.05, 0.1) is 16.4 Å². The molecule has 0 atom stereocenters. The summed E-state index contributed by atoms with van der Waals surface area (Å²) in [6.07, 6.45) is 1.40. The van der Waals surface area contributed by atoms with Gasteiger partial charge in [0.25, 0.3) is 16.8 Å². The van der Waals surface area contributed by atoms with Crippen molar-refractivity contribution in [2.75, 3.05) is 0 Å². The Bertz CT molecular complexity index is 1310. The zero-order chi connectivity index (χ0) is 24.2. The quantitative estimate of drug-likeness (QED) is 0.219. The van der Waals surface area contributed by atoms with Crippen molar-refractivity contribution in [1.29, 1.82) is 0 Å². The van der Waals surface area contributed by atoms with Crippen LogP contribution in [0.1, 0.15) is 16.7 Å². The van der Waals surface area contributed by atoms with E-state index in [0.717, 1.165) is 16.7 Å². The third-order valence-electron chi connectivity index (χ3n) is 4.90. The monoisotopic (exact) mass is 498 g/mol. The highest BCUT2D eigenvalue weighted by Gasteiger charge is 2.35. The Balaban J connectivity index is 1.60. The summed E-state index contributed by atoms with van der Waals surface area (Å²) >= 11 is 6.72. The molecular formula is C24H16ClFN2O5S. The number of hydrogen-bond acceptors (Lipinski definition) is 6. The van der Waals surface area contributed by atoms with Crippen molar-refractivity contribution >= 4 is 46.3 Å². The van der Waals surface area contributed by atoms with E-state index in [0.29, 0.717) is 16.1 Å². The lowest BCUT2D eigenvalue weighted by Crippen LogP contribution is -2.27.